The first-order chi connectivity index (χ1) is 13.8. The number of halogens is 1. The summed E-state index contributed by atoms with van der Waals surface area (Å²) in [6.07, 6.45) is -1.71. The van der Waals surface area contributed by atoms with Crippen LogP contribution in [-0.2, 0) is 14.3 Å². The fourth-order valence-electron chi connectivity index (χ4n) is 2.40. The molecule has 9 heteroatoms. The highest BCUT2D eigenvalue weighted by Crippen LogP contribution is 2.28. The minimum atomic E-state index is -1.31. The first kappa shape index (κ1) is 21.6. The van der Waals surface area contributed by atoms with Crippen LogP contribution in [0.25, 0.3) is 0 Å². The van der Waals surface area contributed by atoms with Gasteiger partial charge < -0.3 is 19.7 Å². The number of carbonyl (C=O) groups excluding carboxylic acids is 2. The monoisotopic (exact) mass is 403 g/mol. The Kier molecular flexibility index (Phi) is 7.44. The number of phenolic OH excluding ortho intramolecular Hbond substituents is 1. The van der Waals surface area contributed by atoms with Crippen LogP contribution in [0.2, 0.25) is 0 Å². The Morgan fingerprint density at radius 1 is 1.14 bits per heavy atom. The molecule has 8 nitrogen and oxygen atoms in total. The number of aliphatic carboxylic acids is 1. The third kappa shape index (κ3) is 6.15. The van der Waals surface area contributed by atoms with Gasteiger partial charge in [0.2, 0.25) is 0 Å². The standard InChI is InChI=1S/C20H18FNO7/c1-28-16(9-10-17(24)25)18(13-7-8-15(23)14(21)11-13)29-20(27)22-19(26)12-5-3-2-4-6-12/h2-11,16,18,23H,1H3,(H,24,25)(H,22,26,27)/b10-9+/t16-,18-/m1/s1. The molecule has 0 heterocycles. The highest BCUT2D eigenvalue weighted by molar-refractivity contribution is 6.02. The Morgan fingerprint density at radius 2 is 1.83 bits per heavy atom. The average Bonchev–Trinajstić information content (AvgIpc) is 2.70. The smallest absolute Gasteiger partial charge is 0.414 e. The van der Waals surface area contributed by atoms with Crippen molar-refractivity contribution in [1.82, 2.24) is 5.32 Å². The van der Waals surface area contributed by atoms with E-state index in [1.54, 1.807) is 18.2 Å². The second-order valence-electron chi connectivity index (χ2n) is 5.75. The van der Waals surface area contributed by atoms with Gasteiger partial charge in [-0.05, 0) is 35.9 Å². The van der Waals surface area contributed by atoms with Crippen molar-refractivity contribution >= 4 is 18.0 Å². The van der Waals surface area contributed by atoms with E-state index in [4.69, 9.17) is 14.6 Å². The summed E-state index contributed by atoms with van der Waals surface area (Å²) in [5, 5.41) is 20.2. The summed E-state index contributed by atoms with van der Waals surface area (Å²) in [5.41, 5.74) is 0.287. The molecule has 0 aliphatic heterocycles. The van der Waals surface area contributed by atoms with Crippen LogP contribution < -0.4 is 5.32 Å². The number of aromatic hydroxyl groups is 1. The number of hydrogen-bond acceptors (Lipinski definition) is 6. The van der Waals surface area contributed by atoms with Gasteiger partial charge in [0.25, 0.3) is 5.91 Å². The first-order valence-corrected chi connectivity index (χ1v) is 8.31. The molecule has 2 rings (SSSR count). The molecule has 2 amide bonds. The van der Waals surface area contributed by atoms with Gasteiger partial charge in [0, 0.05) is 18.7 Å². The zero-order valence-electron chi connectivity index (χ0n) is 15.2. The van der Waals surface area contributed by atoms with Crippen molar-refractivity contribution in [2.45, 2.75) is 12.2 Å². The molecule has 0 aliphatic rings. The molecule has 0 fully saturated rings. The van der Waals surface area contributed by atoms with E-state index in [0.29, 0.717) is 0 Å². The van der Waals surface area contributed by atoms with Gasteiger partial charge in [-0.3, -0.25) is 10.1 Å². The summed E-state index contributed by atoms with van der Waals surface area (Å²) in [6, 6.07) is 11.1. The van der Waals surface area contributed by atoms with E-state index in [2.05, 4.69) is 0 Å². The van der Waals surface area contributed by atoms with E-state index in [9.17, 15) is 23.9 Å². The zero-order chi connectivity index (χ0) is 21.4. The van der Waals surface area contributed by atoms with Crippen LogP contribution in [0.1, 0.15) is 22.0 Å². The lowest BCUT2D eigenvalue weighted by Crippen LogP contribution is -2.34. The highest BCUT2D eigenvalue weighted by atomic mass is 19.1. The van der Waals surface area contributed by atoms with Crippen molar-refractivity contribution in [3.05, 3.63) is 77.6 Å². The molecule has 0 aliphatic carbocycles. The predicted octanol–water partition coefficient (Wildman–Crippen LogP) is 2.79. The van der Waals surface area contributed by atoms with Crippen molar-refractivity contribution < 1.29 is 38.5 Å². The van der Waals surface area contributed by atoms with Gasteiger partial charge in [-0.25, -0.2) is 14.0 Å². The molecular formula is C20H18FNO7. The number of carboxylic acid groups (broad SMARTS) is 1. The molecule has 0 aromatic heterocycles. The number of alkyl carbamates (subject to hydrolysis) is 1. The fourth-order valence-corrected chi connectivity index (χ4v) is 2.40. The Balaban J connectivity index is 2.26. The molecule has 2 atom stereocenters. The summed E-state index contributed by atoms with van der Waals surface area (Å²) < 4.78 is 24.2. The lowest BCUT2D eigenvalue weighted by atomic mass is 10.0. The topological polar surface area (TPSA) is 122 Å². The summed E-state index contributed by atoms with van der Waals surface area (Å²) in [7, 11) is 1.23. The van der Waals surface area contributed by atoms with Crippen LogP contribution in [-0.4, -0.2) is 41.4 Å². The molecular weight excluding hydrogens is 385 g/mol. The fraction of sp³-hybridized carbons (Fsp3) is 0.150. The van der Waals surface area contributed by atoms with E-state index in [1.807, 2.05) is 5.32 Å². The van der Waals surface area contributed by atoms with Crippen molar-refractivity contribution in [1.29, 1.82) is 0 Å². The van der Waals surface area contributed by atoms with Crippen LogP contribution in [0.5, 0.6) is 5.75 Å². The molecule has 152 valence electrons. The number of nitrogens with one attached hydrogen (secondary N) is 1. The third-order valence-corrected chi connectivity index (χ3v) is 3.78. The normalized spacial score (nSPS) is 12.9. The van der Waals surface area contributed by atoms with Gasteiger partial charge in [0.15, 0.2) is 17.7 Å². The molecule has 0 saturated carbocycles. The number of carboxylic acids is 1. The van der Waals surface area contributed by atoms with E-state index in [1.165, 1.54) is 25.3 Å². The van der Waals surface area contributed by atoms with E-state index < -0.39 is 41.7 Å². The first-order valence-electron chi connectivity index (χ1n) is 8.31. The van der Waals surface area contributed by atoms with Crippen molar-refractivity contribution in [2.24, 2.45) is 0 Å². The van der Waals surface area contributed by atoms with Crippen molar-refractivity contribution in [2.75, 3.05) is 7.11 Å². The molecule has 0 radical (unpaired) electrons. The minimum absolute atomic E-state index is 0.0736. The van der Waals surface area contributed by atoms with Crippen molar-refractivity contribution in [3.63, 3.8) is 0 Å². The molecule has 0 unspecified atom stereocenters. The van der Waals surface area contributed by atoms with Gasteiger partial charge in [-0.1, -0.05) is 24.3 Å². The summed E-state index contributed by atoms with van der Waals surface area (Å²) >= 11 is 0. The second kappa shape index (κ2) is 10.00. The molecule has 0 spiro atoms. The number of carbonyl (C=O) groups is 3. The lowest BCUT2D eigenvalue weighted by molar-refractivity contribution is -0.131. The summed E-state index contributed by atoms with van der Waals surface area (Å²) in [5.74, 6) is -3.59. The molecule has 2 aromatic rings. The van der Waals surface area contributed by atoms with Crippen LogP contribution in [0.15, 0.2) is 60.7 Å². The van der Waals surface area contributed by atoms with Crippen LogP contribution in [0, 0.1) is 5.82 Å². The molecule has 29 heavy (non-hydrogen) atoms. The molecule has 3 N–H and O–H groups in total. The SMILES string of the molecule is CO[C@H](/C=C/C(=O)O)[C@H](OC(=O)NC(=O)c1ccccc1)c1ccc(O)c(F)c1. The quantitative estimate of drug-likeness (QED) is 0.608. The van der Waals surface area contributed by atoms with Crippen LogP contribution in [0.3, 0.4) is 0 Å². The maximum Gasteiger partial charge on any atom is 0.414 e. The van der Waals surface area contributed by atoms with Gasteiger partial charge >= 0.3 is 12.1 Å². The number of benzene rings is 2. The van der Waals surface area contributed by atoms with Crippen LogP contribution >= 0.6 is 0 Å². The number of rotatable bonds is 7. The third-order valence-electron chi connectivity index (χ3n) is 3.78. The Labute approximate surface area is 165 Å². The van der Waals surface area contributed by atoms with Gasteiger partial charge in [0.1, 0.15) is 6.10 Å². The molecule has 2 aromatic carbocycles. The minimum Gasteiger partial charge on any atom is -0.505 e. The average molecular weight is 403 g/mol. The van der Waals surface area contributed by atoms with E-state index >= 15 is 0 Å². The van der Waals surface area contributed by atoms with E-state index in [0.717, 1.165) is 24.3 Å². The summed E-state index contributed by atoms with van der Waals surface area (Å²) in [6.45, 7) is 0. The maximum absolute atomic E-state index is 13.8. The highest BCUT2D eigenvalue weighted by Gasteiger charge is 2.27. The Morgan fingerprint density at radius 3 is 2.41 bits per heavy atom. The number of amides is 2. The largest absolute Gasteiger partial charge is 0.505 e. The maximum atomic E-state index is 13.8. The number of methoxy groups -OCH3 is 1. The Bertz CT molecular complexity index is 914. The van der Waals surface area contributed by atoms with Gasteiger partial charge in [-0.2, -0.15) is 0 Å². The predicted molar refractivity (Wildman–Crippen MR) is 98.8 cm³/mol. The van der Waals surface area contributed by atoms with Crippen molar-refractivity contribution in [3.8, 4) is 5.75 Å². The molecule has 0 bridgehead atoms. The number of hydrogen-bond donors (Lipinski definition) is 3. The van der Waals surface area contributed by atoms with Crippen LogP contribution in [0.4, 0.5) is 9.18 Å². The second-order valence-corrected chi connectivity index (χ2v) is 5.75. The zero-order valence-corrected chi connectivity index (χ0v) is 15.2. The van der Waals surface area contributed by atoms with Gasteiger partial charge in [-0.15, -0.1) is 0 Å². The van der Waals surface area contributed by atoms with Gasteiger partial charge in [0.05, 0.1) is 0 Å². The number of ether oxygens (including phenoxy) is 2. The number of phenols is 1. The summed E-state index contributed by atoms with van der Waals surface area (Å²) in [4.78, 5) is 35.1. The Hall–Kier alpha value is -3.72. The number of imide groups is 1. The molecule has 0 saturated heterocycles. The lowest BCUT2D eigenvalue weighted by Gasteiger charge is -2.24. The van der Waals surface area contributed by atoms with E-state index in [-0.39, 0.29) is 11.1 Å².